The summed E-state index contributed by atoms with van der Waals surface area (Å²) in [5.74, 6) is 0.908. The Kier molecular flexibility index (Phi) is 8.07. The summed E-state index contributed by atoms with van der Waals surface area (Å²) in [5, 5.41) is 7.28. The van der Waals surface area contributed by atoms with E-state index in [9.17, 15) is 0 Å². The highest BCUT2D eigenvalue weighted by atomic mass is 14.4. The predicted molar refractivity (Wildman–Crippen MR) is 60.6 cm³/mol. The second-order valence-corrected chi connectivity index (χ2v) is 4.27. The van der Waals surface area contributed by atoms with Gasteiger partial charge in [-0.1, -0.05) is 46.0 Å². The first-order valence-corrected chi connectivity index (χ1v) is 5.70. The van der Waals surface area contributed by atoms with E-state index in [0.29, 0.717) is 0 Å². The van der Waals surface area contributed by atoms with Gasteiger partial charge >= 0.3 is 0 Å². The van der Waals surface area contributed by atoms with E-state index in [1.165, 1.54) is 38.5 Å². The number of hydrogen-bond donors (Lipinski definition) is 1. The zero-order valence-corrected chi connectivity index (χ0v) is 9.53. The van der Waals surface area contributed by atoms with E-state index in [1.54, 1.807) is 0 Å². The molecule has 0 aliphatic rings. The predicted octanol–water partition coefficient (Wildman–Crippen LogP) is 4.41. The minimum absolute atomic E-state index is 0.835. The van der Waals surface area contributed by atoms with Crippen LogP contribution in [0.3, 0.4) is 0 Å². The molecule has 1 nitrogen and oxygen atoms in total. The van der Waals surface area contributed by atoms with E-state index >= 15 is 0 Å². The average molecular weight is 183 g/mol. The second kappa shape index (κ2) is 8.28. The van der Waals surface area contributed by atoms with E-state index in [-0.39, 0.29) is 0 Å². The highest BCUT2D eigenvalue weighted by Crippen LogP contribution is 2.14. The van der Waals surface area contributed by atoms with Gasteiger partial charge in [0.1, 0.15) is 0 Å². The first-order valence-electron chi connectivity index (χ1n) is 5.70. The summed E-state index contributed by atoms with van der Waals surface area (Å²) in [6.45, 7) is 6.51. The van der Waals surface area contributed by atoms with Crippen molar-refractivity contribution >= 4 is 5.71 Å². The lowest BCUT2D eigenvalue weighted by atomic mass is 9.98. The van der Waals surface area contributed by atoms with Gasteiger partial charge in [-0.3, -0.25) is 0 Å². The molecule has 0 aliphatic heterocycles. The summed E-state index contributed by atoms with van der Waals surface area (Å²) in [5.41, 5.74) is 0.835. The Hall–Kier alpha value is -0.330. The molecule has 0 spiro atoms. The monoisotopic (exact) mass is 183 g/mol. The van der Waals surface area contributed by atoms with Gasteiger partial charge in [0, 0.05) is 5.71 Å². The van der Waals surface area contributed by atoms with Crippen LogP contribution in [0.2, 0.25) is 0 Å². The Morgan fingerprint density at radius 3 is 2.38 bits per heavy atom. The van der Waals surface area contributed by atoms with Crippen molar-refractivity contribution in [2.45, 2.75) is 65.7 Å². The van der Waals surface area contributed by atoms with Crippen molar-refractivity contribution in [3.63, 3.8) is 0 Å². The van der Waals surface area contributed by atoms with Gasteiger partial charge in [0.2, 0.25) is 0 Å². The molecule has 0 heterocycles. The quantitative estimate of drug-likeness (QED) is 0.425. The summed E-state index contributed by atoms with van der Waals surface area (Å²) in [7, 11) is 0. The molecule has 1 atom stereocenters. The molecule has 78 valence electrons. The number of rotatable bonds is 8. The third kappa shape index (κ3) is 9.59. The fourth-order valence-corrected chi connectivity index (χ4v) is 1.70. The summed E-state index contributed by atoms with van der Waals surface area (Å²) < 4.78 is 0. The van der Waals surface area contributed by atoms with Crippen molar-refractivity contribution in [3.05, 3.63) is 0 Å². The van der Waals surface area contributed by atoms with Crippen LogP contribution in [0.4, 0.5) is 0 Å². The third-order valence-corrected chi connectivity index (χ3v) is 2.53. The first kappa shape index (κ1) is 12.7. The van der Waals surface area contributed by atoms with Crippen LogP contribution in [0.25, 0.3) is 0 Å². The topological polar surface area (TPSA) is 23.9 Å². The molecule has 1 unspecified atom stereocenters. The Balaban J connectivity index is 3.11. The molecule has 13 heavy (non-hydrogen) atoms. The molecule has 0 aromatic heterocycles. The van der Waals surface area contributed by atoms with Gasteiger partial charge in [0.25, 0.3) is 0 Å². The normalized spacial score (nSPS) is 12.8. The number of hydrogen-bond acceptors (Lipinski definition) is 1. The van der Waals surface area contributed by atoms with Crippen molar-refractivity contribution in [1.29, 1.82) is 5.41 Å². The molecular formula is C12H25N. The summed E-state index contributed by atoms with van der Waals surface area (Å²) in [6.07, 6.45) is 8.96. The van der Waals surface area contributed by atoms with Gasteiger partial charge < -0.3 is 5.41 Å². The van der Waals surface area contributed by atoms with Crippen LogP contribution in [-0.4, -0.2) is 5.71 Å². The summed E-state index contributed by atoms with van der Waals surface area (Å²) in [4.78, 5) is 0. The van der Waals surface area contributed by atoms with E-state index < -0.39 is 0 Å². The molecule has 0 radical (unpaired) electrons. The molecule has 0 aromatic rings. The lowest BCUT2D eigenvalue weighted by molar-refractivity contribution is 0.457. The van der Waals surface area contributed by atoms with Crippen LogP contribution < -0.4 is 0 Å². The van der Waals surface area contributed by atoms with Crippen LogP contribution in [0.15, 0.2) is 0 Å². The van der Waals surface area contributed by atoms with Crippen LogP contribution in [0, 0.1) is 11.3 Å². The van der Waals surface area contributed by atoms with Gasteiger partial charge in [-0.25, -0.2) is 0 Å². The molecular weight excluding hydrogens is 158 g/mol. The van der Waals surface area contributed by atoms with Gasteiger partial charge in [-0.15, -0.1) is 0 Å². The highest BCUT2D eigenvalue weighted by Gasteiger charge is 1.99. The molecule has 1 heteroatoms. The van der Waals surface area contributed by atoms with Crippen LogP contribution in [0.5, 0.6) is 0 Å². The Bertz CT molecular complexity index is 129. The number of unbranched alkanes of at least 4 members (excludes halogenated alkanes) is 2. The average Bonchev–Trinajstić information content (AvgIpc) is 2.03. The smallest absolute Gasteiger partial charge is 0.00582 e. The number of nitrogens with one attached hydrogen (secondary N) is 1. The van der Waals surface area contributed by atoms with E-state index in [0.717, 1.165) is 18.1 Å². The van der Waals surface area contributed by atoms with Gasteiger partial charge in [0.15, 0.2) is 0 Å². The van der Waals surface area contributed by atoms with E-state index in [4.69, 9.17) is 5.41 Å². The zero-order chi connectivity index (χ0) is 10.1. The lowest BCUT2D eigenvalue weighted by Gasteiger charge is -2.08. The maximum absolute atomic E-state index is 7.28. The van der Waals surface area contributed by atoms with Crippen molar-refractivity contribution in [2.75, 3.05) is 0 Å². The van der Waals surface area contributed by atoms with Crippen LogP contribution in [-0.2, 0) is 0 Å². The lowest BCUT2D eigenvalue weighted by Crippen LogP contribution is -1.94. The van der Waals surface area contributed by atoms with Crippen LogP contribution >= 0.6 is 0 Å². The molecule has 1 N–H and O–H groups in total. The van der Waals surface area contributed by atoms with Crippen molar-refractivity contribution in [1.82, 2.24) is 0 Å². The second-order valence-electron chi connectivity index (χ2n) is 4.27. The molecule has 0 fully saturated rings. The fraction of sp³-hybridized carbons (Fsp3) is 0.917. The van der Waals surface area contributed by atoms with Crippen molar-refractivity contribution in [2.24, 2.45) is 5.92 Å². The zero-order valence-electron chi connectivity index (χ0n) is 9.53. The third-order valence-electron chi connectivity index (χ3n) is 2.53. The van der Waals surface area contributed by atoms with Crippen molar-refractivity contribution in [3.8, 4) is 0 Å². The maximum atomic E-state index is 7.28. The largest absolute Gasteiger partial charge is 0.310 e. The highest BCUT2D eigenvalue weighted by molar-refractivity contribution is 5.78. The Morgan fingerprint density at radius 2 is 1.85 bits per heavy atom. The Morgan fingerprint density at radius 1 is 1.15 bits per heavy atom. The minimum atomic E-state index is 0.835. The Labute approximate surface area is 83.4 Å². The van der Waals surface area contributed by atoms with Crippen molar-refractivity contribution < 1.29 is 0 Å². The van der Waals surface area contributed by atoms with E-state index in [2.05, 4.69) is 13.8 Å². The SMILES string of the molecule is CCCC(C)CCCCCC(C)=N. The maximum Gasteiger partial charge on any atom is 0.00582 e. The van der Waals surface area contributed by atoms with Gasteiger partial charge in [0.05, 0.1) is 0 Å². The molecule has 0 bridgehead atoms. The molecule has 0 aromatic carbocycles. The molecule has 0 aliphatic carbocycles. The molecule has 0 amide bonds. The summed E-state index contributed by atoms with van der Waals surface area (Å²) in [6, 6.07) is 0. The summed E-state index contributed by atoms with van der Waals surface area (Å²) >= 11 is 0. The van der Waals surface area contributed by atoms with Crippen LogP contribution in [0.1, 0.15) is 65.7 Å². The molecule has 0 saturated heterocycles. The van der Waals surface area contributed by atoms with Gasteiger partial charge in [-0.05, 0) is 25.7 Å². The molecule has 0 rings (SSSR count). The van der Waals surface area contributed by atoms with E-state index in [1.807, 2.05) is 6.92 Å². The van der Waals surface area contributed by atoms with Gasteiger partial charge in [-0.2, -0.15) is 0 Å². The first-order chi connectivity index (χ1) is 6.16. The molecule has 0 saturated carbocycles. The minimum Gasteiger partial charge on any atom is -0.310 e. The fourth-order valence-electron chi connectivity index (χ4n) is 1.70. The standard InChI is InChI=1S/C12H25N/c1-4-8-11(2)9-6-5-7-10-12(3)13/h11,13H,4-10H2,1-3H3.